The maximum Gasteiger partial charge on any atom is 0.242 e. The van der Waals surface area contributed by atoms with Crippen molar-refractivity contribution in [3.63, 3.8) is 0 Å². The average Bonchev–Trinajstić information content (AvgIpc) is 2.77. The van der Waals surface area contributed by atoms with E-state index in [-0.39, 0.29) is 24.8 Å². The normalized spacial score (nSPS) is 11.6. The third-order valence-electron chi connectivity index (χ3n) is 5.31. The molecule has 0 unspecified atom stereocenters. The SMILES string of the molecule is CNC(=O)[C@H](Cc1ccccc1)N(Cc1ccc(Cl)cc1Cl)C(=O)Cc1cccc(C)c1. The molecule has 0 aliphatic carbocycles. The smallest absolute Gasteiger partial charge is 0.242 e. The van der Waals surface area contributed by atoms with Gasteiger partial charge in [0.2, 0.25) is 11.8 Å². The van der Waals surface area contributed by atoms with Crippen LogP contribution in [0.2, 0.25) is 10.0 Å². The molecule has 0 radical (unpaired) electrons. The summed E-state index contributed by atoms with van der Waals surface area (Å²) in [7, 11) is 1.58. The van der Waals surface area contributed by atoms with E-state index in [2.05, 4.69) is 5.32 Å². The third kappa shape index (κ3) is 6.35. The highest BCUT2D eigenvalue weighted by Crippen LogP contribution is 2.24. The minimum absolute atomic E-state index is 0.147. The fourth-order valence-corrected chi connectivity index (χ4v) is 4.12. The van der Waals surface area contributed by atoms with Gasteiger partial charge in [0.1, 0.15) is 6.04 Å². The fourth-order valence-electron chi connectivity index (χ4n) is 3.65. The topological polar surface area (TPSA) is 49.4 Å². The lowest BCUT2D eigenvalue weighted by Crippen LogP contribution is -2.50. The maximum atomic E-state index is 13.5. The molecule has 0 heterocycles. The molecule has 6 heteroatoms. The summed E-state index contributed by atoms with van der Waals surface area (Å²) in [5, 5.41) is 3.69. The number of likely N-dealkylation sites (N-methyl/N-ethyl adjacent to an activating group) is 1. The molecular weight excluding hydrogens is 443 g/mol. The Balaban J connectivity index is 1.97. The second-order valence-electron chi connectivity index (χ2n) is 7.74. The zero-order valence-corrected chi connectivity index (χ0v) is 19.7. The van der Waals surface area contributed by atoms with E-state index < -0.39 is 6.04 Å². The van der Waals surface area contributed by atoms with Gasteiger partial charge in [-0.2, -0.15) is 0 Å². The number of hydrogen-bond donors (Lipinski definition) is 1. The van der Waals surface area contributed by atoms with Gasteiger partial charge in [-0.05, 0) is 35.7 Å². The Hall–Kier alpha value is -2.82. The summed E-state index contributed by atoms with van der Waals surface area (Å²) in [6.45, 7) is 2.19. The summed E-state index contributed by atoms with van der Waals surface area (Å²) >= 11 is 12.5. The van der Waals surface area contributed by atoms with Crippen molar-refractivity contribution in [2.45, 2.75) is 32.4 Å². The molecule has 0 spiro atoms. The van der Waals surface area contributed by atoms with E-state index in [1.165, 1.54) is 0 Å². The Bertz CT molecular complexity index is 1090. The molecule has 0 fully saturated rings. The molecule has 0 saturated heterocycles. The number of nitrogens with zero attached hydrogens (tertiary/aromatic N) is 1. The van der Waals surface area contributed by atoms with Crippen LogP contribution in [0.15, 0.2) is 72.8 Å². The quantitative estimate of drug-likeness (QED) is 0.491. The first-order valence-corrected chi connectivity index (χ1v) is 11.2. The van der Waals surface area contributed by atoms with Gasteiger partial charge in [0.25, 0.3) is 0 Å². The minimum atomic E-state index is -0.688. The number of halogens is 2. The molecule has 2 amide bonds. The van der Waals surface area contributed by atoms with E-state index in [1.807, 2.05) is 61.5 Å². The Morgan fingerprint density at radius 2 is 1.66 bits per heavy atom. The first-order valence-electron chi connectivity index (χ1n) is 10.4. The number of amides is 2. The van der Waals surface area contributed by atoms with Gasteiger partial charge in [-0.3, -0.25) is 9.59 Å². The largest absolute Gasteiger partial charge is 0.357 e. The Kier molecular flexibility index (Phi) is 8.32. The maximum absolute atomic E-state index is 13.5. The van der Waals surface area contributed by atoms with Crippen LogP contribution in [-0.2, 0) is 29.0 Å². The zero-order chi connectivity index (χ0) is 23.1. The molecule has 0 saturated carbocycles. The Morgan fingerprint density at radius 3 is 2.31 bits per heavy atom. The lowest BCUT2D eigenvalue weighted by molar-refractivity contribution is -0.140. The van der Waals surface area contributed by atoms with Gasteiger partial charge >= 0.3 is 0 Å². The Morgan fingerprint density at radius 1 is 0.938 bits per heavy atom. The van der Waals surface area contributed by atoms with Crippen LogP contribution in [0.25, 0.3) is 0 Å². The van der Waals surface area contributed by atoms with Crippen molar-refractivity contribution in [3.8, 4) is 0 Å². The summed E-state index contributed by atoms with van der Waals surface area (Å²) in [6.07, 6.45) is 0.584. The molecule has 3 rings (SSSR count). The fraction of sp³-hybridized carbons (Fsp3) is 0.231. The third-order valence-corrected chi connectivity index (χ3v) is 5.90. The van der Waals surface area contributed by atoms with E-state index in [4.69, 9.17) is 23.2 Å². The molecule has 3 aromatic carbocycles. The molecule has 0 bridgehead atoms. The standard InChI is InChI=1S/C26H26Cl2N2O2/c1-18-7-6-10-20(13-18)15-25(31)30(17-21-11-12-22(27)16-23(21)28)24(26(32)29-2)14-19-8-4-3-5-9-19/h3-13,16,24H,14-15,17H2,1-2H3,(H,29,32)/t24-/m0/s1. The molecule has 1 atom stereocenters. The number of aryl methyl sites for hydroxylation is 1. The van der Waals surface area contributed by atoms with Gasteiger partial charge in [0.05, 0.1) is 6.42 Å². The number of hydrogen-bond acceptors (Lipinski definition) is 2. The van der Waals surface area contributed by atoms with Crippen molar-refractivity contribution in [1.82, 2.24) is 10.2 Å². The van der Waals surface area contributed by atoms with Gasteiger partial charge in [0, 0.05) is 30.1 Å². The lowest BCUT2D eigenvalue weighted by Gasteiger charge is -2.31. The second kappa shape index (κ2) is 11.2. The highest BCUT2D eigenvalue weighted by Gasteiger charge is 2.30. The van der Waals surface area contributed by atoms with Gasteiger partial charge in [-0.25, -0.2) is 0 Å². The molecule has 3 aromatic rings. The number of carbonyl (C=O) groups excluding carboxylic acids is 2. The van der Waals surface area contributed by atoms with Crippen molar-refractivity contribution >= 4 is 35.0 Å². The number of benzene rings is 3. The zero-order valence-electron chi connectivity index (χ0n) is 18.1. The first kappa shape index (κ1) is 23.8. The summed E-state index contributed by atoms with van der Waals surface area (Å²) in [5.74, 6) is -0.373. The van der Waals surface area contributed by atoms with Crippen molar-refractivity contribution < 1.29 is 9.59 Å². The van der Waals surface area contributed by atoms with Gasteiger partial charge < -0.3 is 10.2 Å². The van der Waals surface area contributed by atoms with Crippen molar-refractivity contribution in [1.29, 1.82) is 0 Å². The molecule has 32 heavy (non-hydrogen) atoms. The van der Waals surface area contributed by atoms with Gasteiger partial charge in [0.15, 0.2) is 0 Å². The van der Waals surface area contributed by atoms with Crippen LogP contribution in [-0.4, -0.2) is 29.8 Å². The van der Waals surface area contributed by atoms with Crippen LogP contribution in [0.1, 0.15) is 22.3 Å². The van der Waals surface area contributed by atoms with Crippen LogP contribution in [0.4, 0.5) is 0 Å². The summed E-state index contributed by atoms with van der Waals surface area (Å²) in [4.78, 5) is 28.1. The highest BCUT2D eigenvalue weighted by molar-refractivity contribution is 6.35. The van der Waals surface area contributed by atoms with Crippen LogP contribution in [0.5, 0.6) is 0 Å². The molecule has 4 nitrogen and oxygen atoms in total. The van der Waals surface area contributed by atoms with Crippen molar-refractivity contribution in [2.75, 3.05) is 7.05 Å². The van der Waals surface area contributed by atoms with Crippen LogP contribution in [0, 0.1) is 6.92 Å². The van der Waals surface area contributed by atoms with Crippen molar-refractivity contribution in [3.05, 3.63) is 105 Å². The molecule has 0 aliphatic heterocycles. The summed E-state index contributed by atoms with van der Waals surface area (Å²) < 4.78 is 0. The van der Waals surface area contributed by atoms with Crippen LogP contribution < -0.4 is 5.32 Å². The van der Waals surface area contributed by atoms with E-state index in [1.54, 1.807) is 30.1 Å². The molecule has 0 aromatic heterocycles. The minimum Gasteiger partial charge on any atom is -0.357 e. The van der Waals surface area contributed by atoms with E-state index >= 15 is 0 Å². The monoisotopic (exact) mass is 468 g/mol. The molecule has 0 aliphatic rings. The van der Waals surface area contributed by atoms with Gasteiger partial charge in [-0.15, -0.1) is 0 Å². The molecular formula is C26H26Cl2N2O2. The lowest BCUT2D eigenvalue weighted by atomic mass is 10.0. The van der Waals surface area contributed by atoms with Crippen LogP contribution in [0.3, 0.4) is 0 Å². The number of rotatable bonds is 8. The van der Waals surface area contributed by atoms with Crippen LogP contribution >= 0.6 is 23.2 Å². The van der Waals surface area contributed by atoms with E-state index in [0.29, 0.717) is 16.5 Å². The van der Waals surface area contributed by atoms with E-state index in [0.717, 1.165) is 22.3 Å². The molecule has 1 N–H and O–H groups in total. The summed E-state index contributed by atoms with van der Waals surface area (Å²) in [5.41, 5.74) is 3.68. The summed E-state index contributed by atoms with van der Waals surface area (Å²) in [6, 6.07) is 22.0. The van der Waals surface area contributed by atoms with E-state index in [9.17, 15) is 9.59 Å². The second-order valence-corrected chi connectivity index (χ2v) is 8.59. The highest BCUT2D eigenvalue weighted by atomic mass is 35.5. The predicted octanol–water partition coefficient (Wildman–Crippen LogP) is 5.23. The van der Waals surface area contributed by atoms with Crippen molar-refractivity contribution in [2.24, 2.45) is 0 Å². The average molecular weight is 469 g/mol. The Labute approximate surface area is 199 Å². The first-order chi connectivity index (χ1) is 15.4. The number of carbonyl (C=O) groups is 2. The predicted molar refractivity (Wildman–Crippen MR) is 130 cm³/mol. The number of nitrogens with one attached hydrogen (secondary N) is 1. The van der Waals surface area contributed by atoms with Gasteiger partial charge in [-0.1, -0.05) is 89.4 Å². The molecule has 166 valence electrons.